The summed E-state index contributed by atoms with van der Waals surface area (Å²) in [4.78, 5) is 50.6. The van der Waals surface area contributed by atoms with Gasteiger partial charge in [0, 0.05) is 41.0 Å². The first kappa shape index (κ1) is 15.6. The molecule has 0 saturated carbocycles. The number of nitrogens with one attached hydrogen (secondary N) is 1. The Morgan fingerprint density at radius 2 is 2.00 bits per heavy atom. The molecule has 166 valence electrons. The zero-order valence-corrected chi connectivity index (χ0v) is 17.0. The molecule has 1 saturated heterocycles. The number of rotatable bonds is 6. The molecule has 2 aliphatic rings. The Labute approximate surface area is 196 Å². The van der Waals surface area contributed by atoms with Gasteiger partial charge in [-0.1, -0.05) is 35.9 Å². The molecule has 3 amide bonds. The molecule has 9 heteroatoms. The fraction of sp³-hybridized carbons (Fsp3) is 0.304. The molecule has 32 heavy (non-hydrogen) atoms. The van der Waals surface area contributed by atoms with E-state index in [0.29, 0.717) is 4.90 Å². The zero-order chi connectivity index (χ0) is 28.4. The van der Waals surface area contributed by atoms with Crippen molar-refractivity contribution in [3.8, 4) is 0 Å². The molecule has 0 aliphatic carbocycles. The van der Waals surface area contributed by atoms with Crippen LogP contribution in [0.5, 0.6) is 0 Å². The van der Waals surface area contributed by atoms with E-state index in [1.54, 1.807) is 0 Å². The molecule has 0 radical (unpaired) electrons. The summed E-state index contributed by atoms with van der Waals surface area (Å²) in [5.41, 5.74) is -0.882. The molecule has 2 aliphatic heterocycles. The highest BCUT2D eigenvalue weighted by molar-refractivity contribution is 6.30. The minimum Gasteiger partial charge on any atom is -0.322 e. The first-order valence-corrected chi connectivity index (χ1v) is 9.75. The van der Waals surface area contributed by atoms with Gasteiger partial charge in [0.25, 0.3) is 5.91 Å². The molecule has 2 aromatic rings. The summed E-state index contributed by atoms with van der Waals surface area (Å²) < 4.78 is 78.0. The van der Waals surface area contributed by atoms with Crippen LogP contribution >= 0.6 is 11.6 Å². The summed E-state index contributed by atoms with van der Waals surface area (Å²) in [6.07, 6.45) is -7.82. The molecule has 3 unspecified atom stereocenters. The van der Waals surface area contributed by atoms with Crippen molar-refractivity contribution in [1.82, 2.24) is 10.2 Å². The van der Waals surface area contributed by atoms with Gasteiger partial charge in [-0.3, -0.25) is 24.5 Å². The van der Waals surface area contributed by atoms with E-state index in [4.69, 9.17) is 19.9 Å². The smallest absolute Gasteiger partial charge is 0.322 e. The van der Waals surface area contributed by atoms with Crippen molar-refractivity contribution in [1.29, 1.82) is 0 Å². The van der Waals surface area contributed by atoms with Crippen molar-refractivity contribution >= 4 is 35.1 Å². The van der Waals surface area contributed by atoms with Crippen LogP contribution in [0.1, 0.15) is 53.1 Å². The van der Waals surface area contributed by atoms with Crippen LogP contribution in [0.25, 0.3) is 0 Å². The summed E-state index contributed by atoms with van der Waals surface area (Å²) in [7, 11) is 0. The number of halogens is 3. The van der Waals surface area contributed by atoms with E-state index in [-0.39, 0.29) is 27.0 Å². The summed E-state index contributed by atoms with van der Waals surface area (Å²) in [6, 6.07) is 4.87. The molecule has 6 nitrogen and oxygen atoms in total. The van der Waals surface area contributed by atoms with Crippen molar-refractivity contribution in [2.75, 3.05) is 0 Å². The number of imide groups is 1. The van der Waals surface area contributed by atoms with Crippen LogP contribution in [0.15, 0.2) is 42.5 Å². The number of hydrogen-bond acceptors (Lipinski definition) is 4. The van der Waals surface area contributed by atoms with Crippen molar-refractivity contribution in [3.63, 3.8) is 0 Å². The van der Waals surface area contributed by atoms with Gasteiger partial charge < -0.3 is 4.90 Å². The van der Waals surface area contributed by atoms with E-state index in [1.165, 1.54) is 12.1 Å². The quantitative estimate of drug-likeness (QED) is 0.661. The van der Waals surface area contributed by atoms with Crippen LogP contribution in [0, 0.1) is 0 Å². The molecule has 2 heterocycles. The monoisotopic (exact) mass is 466 g/mol. The minimum absolute atomic E-state index is 0.0786. The molecular formula is C23H19ClF2N2O4. The van der Waals surface area contributed by atoms with E-state index in [0.717, 1.165) is 30.3 Å². The van der Waals surface area contributed by atoms with Crippen LogP contribution in [0.2, 0.25) is 6.43 Å². The third-order valence-corrected chi connectivity index (χ3v) is 5.28. The summed E-state index contributed by atoms with van der Waals surface area (Å²) in [5.74, 6) is -9.42. The lowest BCUT2D eigenvalue weighted by Crippen LogP contribution is -2.52. The van der Waals surface area contributed by atoms with Gasteiger partial charge in [-0.15, -0.1) is 0 Å². The lowest BCUT2D eigenvalue weighted by atomic mass is 9.97. The number of fused-ring (bicyclic) bond motifs is 1. The highest BCUT2D eigenvalue weighted by atomic mass is 35.5. The number of hydrogen-bond donors (Lipinski definition) is 1. The van der Waals surface area contributed by atoms with E-state index in [1.807, 2.05) is 0 Å². The summed E-state index contributed by atoms with van der Waals surface area (Å²) >= 11 is 5.70. The molecule has 0 spiro atoms. The fourth-order valence-corrected chi connectivity index (χ4v) is 3.49. The number of alkyl halides is 2. The second-order valence-electron chi connectivity index (χ2n) is 7.10. The van der Waals surface area contributed by atoms with Gasteiger partial charge in [0.2, 0.25) is 17.6 Å². The maximum Gasteiger partial charge on any atom is 0.330 e. The average Bonchev–Trinajstić information content (AvgIpc) is 3.21. The number of carbonyl (C=O) groups is 4. The normalized spacial score (nSPS) is 28.9. The lowest BCUT2D eigenvalue weighted by molar-refractivity contribution is -0.144. The second kappa shape index (κ2) is 8.43. The van der Waals surface area contributed by atoms with E-state index in [9.17, 15) is 28.0 Å². The number of aryl methyl sites for hydroxylation is 1. The van der Waals surface area contributed by atoms with Crippen LogP contribution in [-0.4, -0.2) is 34.4 Å². The van der Waals surface area contributed by atoms with E-state index in [2.05, 4.69) is 0 Å². The lowest BCUT2D eigenvalue weighted by Gasteiger charge is -2.29. The van der Waals surface area contributed by atoms with Crippen LogP contribution in [-0.2, 0) is 33.2 Å². The zero-order valence-electron chi connectivity index (χ0n) is 22.3. The largest absolute Gasteiger partial charge is 0.330 e. The molecule has 0 aromatic heterocycles. The van der Waals surface area contributed by atoms with Crippen molar-refractivity contribution in [3.05, 3.63) is 69.7 Å². The summed E-state index contributed by atoms with van der Waals surface area (Å²) in [5, 5.41) is -0.0434. The molecular weight excluding hydrogens is 442 g/mol. The first-order chi connectivity index (χ1) is 17.5. The number of piperidine rings is 1. The average molecular weight is 467 g/mol. The molecule has 0 bridgehead atoms. The van der Waals surface area contributed by atoms with E-state index >= 15 is 0 Å². The highest BCUT2D eigenvalue weighted by Crippen LogP contribution is 2.32. The van der Waals surface area contributed by atoms with Crippen molar-refractivity contribution in [2.45, 2.75) is 44.1 Å². The molecule has 2 aromatic carbocycles. The predicted molar refractivity (Wildman–Crippen MR) is 111 cm³/mol. The molecule has 1 fully saturated rings. The first-order valence-electron chi connectivity index (χ1n) is 12.5. The number of benzene rings is 2. The predicted octanol–water partition coefficient (Wildman–Crippen LogP) is 3.39. The van der Waals surface area contributed by atoms with Crippen LogP contribution < -0.4 is 5.31 Å². The van der Waals surface area contributed by atoms with Gasteiger partial charge in [-0.25, -0.2) is 0 Å². The SMILES string of the molecule is [2H]C1C(=O)N([2H])C(=O)C([2H])(N2Cc3cc(C([2H])([2H])CC(=O)C(F)(F)c4ccc(Cl)cc4)ccc3C2=O)C1[2H]. The van der Waals surface area contributed by atoms with Gasteiger partial charge in [-0.05, 0) is 42.1 Å². The Bertz CT molecular complexity index is 1360. The summed E-state index contributed by atoms with van der Waals surface area (Å²) in [6.45, 7) is -0.508. The standard InChI is InChI=1S/C23H19ClF2N2O4/c24-16-5-3-15(4-6-16)23(25,26)19(29)9-2-13-1-7-17-14(11-13)12-28(22(17)32)18-8-10-20(30)27-21(18)31/h1,3-7,11,18H,2,8-10,12H2,(H,27,30,31)/i2D2,8D,10D,18D/hD. The number of ketones is 1. The highest BCUT2D eigenvalue weighted by Gasteiger charge is 2.41. The van der Waals surface area contributed by atoms with Gasteiger partial charge in [0.15, 0.2) is 1.41 Å². The Balaban J connectivity index is 1.60. The maximum absolute atomic E-state index is 14.7. The Morgan fingerprint density at radius 3 is 2.72 bits per heavy atom. The van der Waals surface area contributed by atoms with Gasteiger partial charge in [0.05, 0.1) is 1.37 Å². The van der Waals surface area contributed by atoms with Gasteiger partial charge in [0.1, 0.15) is 6.02 Å². The Kier molecular flexibility index (Phi) is 4.12. The van der Waals surface area contributed by atoms with Crippen LogP contribution in [0.4, 0.5) is 8.78 Å². The van der Waals surface area contributed by atoms with Gasteiger partial charge >= 0.3 is 5.92 Å². The number of carbonyl (C=O) groups excluding carboxylic acids is 4. The molecule has 4 rings (SSSR count). The Hall–Kier alpha value is -3.13. The van der Waals surface area contributed by atoms with Gasteiger partial charge in [-0.2, -0.15) is 8.78 Å². The van der Waals surface area contributed by atoms with Crippen molar-refractivity contribution in [2.24, 2.45) is 0 Å². The Morgan fingerprint density at radius 1 is 1.28 bits per heavy atom. The second-order valence-corrected chi connectivity index (χ2v) is 7.53. The molecule has 1 N–H and O–H groups in total. The number of Topliss-reactive ketones (excluding diaryl/α,β-unsaturated/α-hetero) is 1. The van der Waals surface area contributed by atoms with E-state index < -0.39 is 73.1 Å². The van der Waals surface area contributed by atoms with Crippen molar-refractivity contribution < 1.29 is 36.2 Å². The number of nitrogens with zero attached hydrogens (tertiary/aromatic N) is 1. The number of amides is 3. The third-order valence-electron chi connectivity index (χ3n) is 5.02. The third kappa shape index (κ3) is 4.14. The maximum atomic E-state index is 14.7. The fourth-order valence-electron chi connectivity index (χ4n) is 3.36. The minimum atomic E-state index is -4.00. The topological polar surface area (TPSA) is 83.6 Å². The van der Waals surface area contributed by atoms with Crippen LogP contribution in [0.3, 0.4) is 0 Å². The molecule has 3 atom stereocenters.